The van der Waals surface area contributed by atoms with Crippen molar-refractivity contribution in [2.24, 2.45) is 0 Å². The van der Waals surface area contributed by atoms with Crippen LogP contribution in [0.3, 0.4) is 0 Å². The van der Waals surface area contributed by atoms with Gasteiger partial charge in [-0.1, -0.05) is 29.8 Å². The van der Waals surface area contributed by atoms with Crippen molar-refractivity contribution in [3.05, 3.63) is 58.8 Å². The monoisotopic (exact) mass is 406 g/mol. The summed E-state index contributed by atoms with van der Waals surface area (Å²) in [6, 6.07) is 6.12. The van der Waals surface area contributed by atoms with Crippen molar-refractivity contribution in [2.75, 3.05) is 6.54 Å². The number of hydrogen-bond acceptors (Lipinski definition) is 4. The highest BCUT2D eigenvalue weighted by Crippen LogP contribution is 2.31. The van der Waals surface area contributed by atoms with Gasteiger partial charge in [-0.2, -0.15) is 4.31 Å². The number of carboxylic acids is 1. The lowest BCUT2D eigenvalue weighted by molar-refractivity contribution is -0.134. The molecule has 1 atom stereocenters. The third-order valence-corrected chi connectivity index (χ3v) is 6.14. The molecule has 1 aromatic carbocycles. The molecule has 26 heavy (non-hydrogen) atoms. The normalized spacial score (nSPS) is 20.2. The van der Waals surface area contributed by atoms with E-state index in [1.54, 1.807) is 12.1 Å². The van der Waals surface area contributed by atoms with Gasteiger partial charge in [0.25, 0.3) is 6.43 Å². The van der Waals surface area contributed by atoms with Gasteiger partial charge in [0, 0.05) is 5.02 Å². The molecule has 1 unspecified atom stereocenters. The van der Waals surface area contributed by atoms with Gasteiger partial charge in [0.2, 0.25) is 10.0 Å². The minimum absolute atomic E-state index is 0.170. The van der Waals surface area contributed by atoms with Crippen LogP contribution in [-0.2, 0) is 20.6 Å². The van der Waals surface area contributed by atoms with Gasteiger partial charge in [-0.3, -0.25) is 0 Å². The minimum Gasteiger partial charge on any atom is -0.478 e. The van der Waals surface area contributed by atoms with E-state index in [1.165, 1.54) is 37.4 Å². The highest BCUT2D eigenvalue weighted by molar-refractivity contribution is 7.88. The maximum atomic E-state index is 13.1. The standard InChI is InChI=1S/C16H17ClF2N2O4S/c1-16(12(15(22)23)6-4-8-20-16)21(9-14(18)19)26(24,25)10-11-5-2-3-7-13(11)17/h2-8,14,20H,9-10H2,1H3,(H,22,23). The van der Waals surface area contributed by atoms with Crippen LogP contribution in [0.4, 0.5) is 8.78 Å². The van der Waals surface area contributed by atoms with Gasteiger partial charge in [0.15, 0.2) is 0 Å². The molecule has 2 N–H and O–H groups in total. The van der Waals surface area contributed by atoms with Gasteiger partial charge in [-0.25, -0.2) is 22.0 Å². The Morgan fingerprint density at radius 2 is 2.04 bits per heavy atom. The Hall–Kier alpha value is -1.97. The van der Waals surface area contributed by atoms with Gasteiger partial charge >= 0.3 is 5.97 Å². The number of carboxylic acid groups (broad SMARTS) is 1. The Kier molecular flexibility index (Phi) is 6.05. The number of benzene rings is 1. The first-order valence-corrected chi connectivity index (χ1v) is 9.47. The SMILES string of the molecule is CC1(N(CC(F)F)S(=O)(=O)Cc2ccccc2Cl)NC=CC=C1C(=O)O. The zero-order chi connectivity index (χ0) is 19.5. The van der Waals surface area contributed by atoms with Crippen molar-refractivity contribution in [1.82, 2.24) is 9.62 Å². The fraction of sp³-hybridized carbons (Fsp3) is 0.312. The molecular weight excluding hydrogens is 390 g/mol. The highest BCUT2D eigenvalue weighted by Gasteiger charge is 2.46. The number of carbonyl (C=O) groups is 1. The van der Waals surface area contributed by atoms with Crippen LogP contribution in [0.5, 0.6) is 0 Å². The lowest BCUT2D eigenvalue weighted by atomic mass is 9.98. The molecule has 2 rings (SSSR count). The second kappa shape index (κ2) is 7.73. The summed E-state index contributed by atoms with van der Waals surface area (Å²) in [5, 5.41) is 12.1. The van der Waals surface area contributed by atoms with Gasteiger partial charge in [-0.15, -0.1) is 0 Å². The molecule has 0 spiro atoms. The highest BCUT2D eigenvalue weighted by atomic mass is 35.5. The predicted molar refractivity (Wildman–Crippen MR) is 93.2 cm³/mol. The van der Waals surface area contributed by atoms with Crippen molar-refractivity contribution in [1.29, 1.82) is 0 Å². The van der Waals surface area contributed by atoms with E-state index >= 15 is 0 Å². The van der Waals surface area contributed by atoms with E-state index in [0.29, 0.717) is 4.31 Å². The second-order valence-corrected chi connectivity index (χ2v) is 8.03. The number of allylic oxidation sites excluding steroid dienone is 2. The van der Waals surface area contributed by atoms with Crippen LogP contribution in [0.1, 0.15) is 12.5 Å². The number of dihydropyridines is 1. The van der Waals surface area contributed by atoms with E-state index in [2.05, 4.69) is 5.32 Å². The quantitative estimate of drug-likeness (QED) is 0.726. The molecule has 0 aromatic heterocycles. The molecule has 0 aliphatic carbocycles. The maximum Gasteiger partial charge on any atom is 0.335 e. The molecule has 0 saturated heterocycles. The van der Waals surface area contributed by atoms with E-state index in [4.69, 9.17) is 11.6 Å². The summed E-state index contributed by atoms with van der Waals surface area (Å²) >= 11 is 5.98. The van der Waals surface area contributed by atoms with Gasteiger partial charge in [0.1, 0.15) is 5.66 Å². The smallest absolute Gasteiger partial charge is 0.335 e. The first-order chi connectivity index (χ1) is 12.1. The van der Waals surface area contributed by atoms with E-state index in [0.717, 1.165) is 0 Å². The van der Waals surface area contributed by atoms with Crippen molar-refractivity contribution in [3.8, 4) is 0 Å². The molecular formula is C16H17ClF2N2O4S. The van der Waals surface area contributed by atoms with Crippen molar-refractivity contribution < 1.29 is 27.1 Å². The Labute approximate surface area is 154 Å². The van der Waals surface area contributed by atoms with Crippen molar-refractivity contribution >= 4 is 27.6 Å². The summed E-state index contributed by atoms with van der Waals surface area (Å²) in [6.07, 6.45) is 0.820. The van der Waals surface area contributed by atoms with Crippen molar-refractivity contribution in [3.63, 3.8) is 0 Å². The number of nitrogens with one attached hydrogen (secondary N) is 1. The lowest BCUT2D eigenvalue weighted by Gasteiger charge is -2.41. The number of halogens is 3. The first kappa shape index (κ1) is 20.3. The molecule has 10 heteroatoms. The third-order valence-electron chi connectivity index (χ3n) is 3.91. The van der Waals surface area contributed by atoms with E-state index < -0.39 is 40.4 Å². The average molecular weight is 407 g/mol. The van der Waals surface area contributed by atoms with E-state index in [-0.39, 0.29) is 16.2 Å². The number of alkyl halides is 2. The van der Waals surface area contributed by atoms with Crippen LogP contribution >= 0.6 is 11.6 Å². The number of nitrogens with zero attached hydrogens (tertiary/aromatic N) is 1. The number of aliphatic carboxylic acids is 1. The molecule has 142 valence electrons. The zero-order valence-corrected chi connectivity index (χ0v) is 15.3. The van der Waals surface area contributed by atoms with Crippen LogP contribution in [-0.4, -0.2) is 42.4 Å². The average Bonchev–Trinajstić information content (AvgIpc) is 2.54. The van der Waals surface area contributed by atoms with Gasteiger partial charge in [-0.05, 0) is 36.9 Å². The molecule has 1 aliphatic heterocycles. The van der Waals surface area contributed by atoms with Gasteiger partial charge in [0.05, 0.1) is 17.9 Å². The van der Waals surface area contributed by atoms with E-state index in [9.17, 15) is 27.1 Å². The van der Waals surface area contributed by atoms with Crippen LogP contribution in [0.25, 0.3) is 0 Å². The fourth-order valence-electron chi connectivity index (χ4n) is 2.67. The fourth-order valence-corrected chi connectivity index (χ4v) is 4.80. The van der Waals surface area contributed by atoms with Crippen LogP contribution in [0.15, 0.2) is 48.2 Å². The number of hydrogen-bond donors (Lipinski definition) is 2. The first-order valence-electron chi connectivity index (χ1n) is 7.48. The maximum absolute atomic E-state index is 13.1. The lowest BCUT2D eigenvalue weighted by Crippen LogP contribution is -2.61. The Morgan fingerprint density at radius 3 is 2.62 bits per heavy atom. The summed E-state index contributed by atoms with van der Waals surface area (Å²) in [6.45, 7) is 0.0533. The second-order valence-electron chi connectivity index (χ2n) is 5.73. The molecule has 0 fully saturated rings. The summed E-state index contributed by atoms with van der Waals surface area (Å²) in [4.78, 5) is 11.5. The molecule has 1 heterocycles. The Bertz CT molecular complexity index is 858. The summed E-state index contributed by atoms with van der Waals surface area (Å²) in [5.41, 5.74) is -2.02. The Morgan fingerprint density at radius 1 is 1.38 bits per heavy atom. The zero-order valence-electron chi connectivity index (χ0n) is 13.7. The Balaban J connectivity index is 2.50. The summed E-state index contributed by atoms with van der Waals surface area (Å²) < 4.78 is 52.6. The van der Waals surface area contributed by atoms with Crippen LogP contribution in [0, 0.1) is 0 Å². The summed E-state index contributed by atoms with van der Waals surface area (Å²) in [7, 11) is -4.35. The van der Waals surface area contributed by atoms with Crippen LogP contribution < -0.4 is 5.32 Å². The third kappa shape index (κ3) is 4.22. The number of rotatable bonds is 7. The summed E-state index contributed by atoms with van der Waals surface area (Å²) in [5.74, 6) is -2.07. The molecule has 0 amide bonds. The minimum atomic E-state index is -4.35. The molecule has 1 aromatic rings. The topological polar surface area (TPSA) is 86.7 Å². The molecule has 1 aliphatic rings. The van der Waals surface area contributed by atoms with Crippen molar-refractivity contribution in [2.45, 2.75) is 24.8 Å². The molecule has 0 radical (unpaired) electrons. The van der Waals surface area contributed by atoms with Gasteiger partial charge < -0.3 is 10.4 Å². The predicted octanol–water partition coefficient (Wildman–Crippen LogP) is 2.58. The van der Waals surface area contributed by atoms with Crippen LogP contribution in [0.2, 0.25) is 5.02 Å². The molecule has 0 saturated carbocycles. The largest absolute Gasteiger partial charge is 0.478 e. The molecule has 6 nitrogen and oxygen atoms in total. The van der Waals surface area contributed by atoms with E-state index in [1.807, 2.05) is 0 Å². The molecule has 0 bridgehead atoms. The number of sulfonamides is 1.